The van der Waals surface area contributed by atoms with Gasteiger partial charge in [-0.15, -0.1) is 0 Å². The number of aromatic nitrogens is 2. The molecular formula is C16H18F2N4O. The smallest absolute Gasteiger partial charge is 0.270 e. The fourth-order valence-electron chi connectivity index (χ4n) is 1.90. The minimum atomic E-state index is -0.748. The van der Waals surface area contributed by atoms with E-state index in [4.69, 9.17) is 0 Å². The molecule has 0 unspecified atom stereocenters. The van der Waals surface area contributed by atoms with Gasteiger partial charge in [0.15, 0.2) is 0 Å². The van der Waals surface area contributed by atoms with Gasteiger partial charge in [0.25, 0.3) is 5.91 Å². The number of nitrogens with one attached hydrogen (secondary N) is 2. The summed E-state index contributed by atoms with van der Waals surface area (Å²) < 4.78 is 27.4. The Kier molecular flexibility index (Phi) is 4.58. The van der Waals surface area contributed by atoms with Gasteiger partial charge in [-0.1, -0.05) is 6.07 Å². The van der Waals surface area contributed by atoms with Gasteiger partial charge in [0.2, 0.25) is 0 Å². The summed E-state index contributed by atoms with van der Waals surface area (Å²) in [6.45, 7) is 7.11. The first kappa shape index (κ1) is 16.8. The quantitative estimate of drug-likeness (QED) is 0.910. The zero-order valence-electron chi connectivity index (χ0n) is 13.4. The third-order valence-corrected chi connectivity index (χ3v) is 2.77. The molecule has 0 aliphatic carbocycles. The Morgan fingerprint density at radius 1 is 1.13 bits per heavy atom. The molecule has 1 aromatic carbocycles. The molecule has 0 atom stereocenters. The number of anilines is 2. The van der Waals surface area contributed by atoms with E-state index in [1.165, 1.54) is 12.1 Å². The molecule has 0 bridgehead atoms. The summed E-state index contributed by atoms with van der Waals surface area (Å²) in [6, 6.07) is 4.88. The van der Waals surface area contributed by atoms with E-state index in [1.54, 1.807) is 6.92 Å². The molecule has 23 heavy (non-hydrogen) atoms. The zero-order valence-corrected chi connectivity index (χ0v) is 13.4. The molecule has 2 aromatic rings. The maximum atomic E-state index is 13.7. The fraction of sp³-hybridized carbons (Fsp3) is 0.312. The van der Waals surface area contributed by atoms with Crippen LogP contribution in [0.25, 0.3) is 0 Å². The molecule has 0 aliphatic heterocycles. The highest BCUT2D eigenvalue weighted by molar-refractivity contribution is 5.93. The second-order valence-electron chi connectivity index (χ2n) is 6.11. The summed E-state index contributed by atoms with van der Waals surface area (Å²) in [5, 5.41) is 5.33. The van der Waals surface area contributed by atoms with E-state index in [2.05, 4.69) is 20.6 Å². The Hall–Kier alpha value is -2.57. The number of benzene rings is 1. The van der Waals surface area contributed by atoms with Crippen LogP contribution in [0, 0.1) is 18.6 Å². The lowest BCUT2D eigenvalue weighted by Crippen LogP contribution is -2.41. The number of carbonyl (C=O) groups is 1. The summed E-state index contributed by atoms with van der Waals surface area (Å²) in [6.07, 6.45) is 0. The van der Waals surface area contributed by atoms with Gasteiger partial charge in [-0.05, 0) is 39.8 Å². The molecule has 2 rings (SSSR count). The van der Waals surface area contributed by atoms with Gasteiger partial charge in [-0.25, -0.2) is 18.7 Å². The lowest BCUT2D eigenvalue weighted by Gasteiger charge is -2.20. The van der Waals surface area contributed by atoms with Gasteiger partial charge < -0.3 is 10.6 Å². The maximum Gasteiger partial charge on any atom is 0.270 e. The molecule has 1 heterocycles. The second-order valence-corrected chi connectivity index (χ2v) is 6.11. The van der Waals surface area contributed by atoms with Crippen molar-refractivity contribution in [3.05, 3.63) is 47.4 Å². The number of hydrogen-bond donors (Lipinski definition) is 2. The normalized spacial score (nSPS) is 11.2. The first-order valence-electron chi connectivity index (χ1n) is 7.05. The summed E-state index contributed by atoms with van der Waals surface area (Å²) in [7, 11) is 0. The molecule has 0 radical (unpaired) electrons. The second kappa shape index (κ2) is 6.28. The van der Waals surface area contributed by atoms with E-state index < -0.39 is 17.2 Å². The zero-order chi connectivity index (χ0) is 17.2. The van der Waals surface area contributed by atoms with Crippen molar-refractivity contribution in [1.29, 1.82) is 0 Å². The van der Waals surface area contributed by atoms with Crippen LogP contribution in [0.2, 0.25) is 0 Å². The van der Waals surface area contributed by atoms with Crippen LogP contribution in [0.1, 0.15) is 37.1 Å². The third-order valence-electron chi connectivity index (χ3n) is 2.77. The highest BCUT2D eigenvalue weighted by Crippen LogP contribution is 2.22. The number of aryl methyl sites for hydroxylation is 1. The predicted molar refractivity (Wildman–Crippen MR) is 83.6 cm³/mol. The first-order chi connectivity index (χ1) is 10.7. The van der Waals surface area contributed by atoms with E-state index in [0.717, 1.165) is 12.1 Å². The van der Waals surface area contributed by atoms with Gasteiger partial charge in [0, 0.05) is 11.6 Å². The number of carbonyl (C=O) groups excluding carboxylic acids is 1. The number of halogens is 2. The highest BCUT2D eigenvalue weighted by Gasteiger charge is 2.18. The van der Waals surface area contributed by atoms with Crippen LogP contribution in [-0.4, -0.2) is 21.4 Å². The largest absolute Gasteiger partial charge is 0.346 e. The van der Waals surface area contributed by atoms with Crippen LogP contribution in [0.5, 0.6) is 0 Å². The molecule has 7 heteroatoms. The van der Waals surface area contributed by atoms with Crippen molar-refractivity contribution in [2.45, 2.75) is 33.2 Å². The molecule has 0 spiro atoms. The van der Waals surface area contributed by atoms with Gasteiger partial charge in [-0.2, -0.15) is 0 Å². The minimum Gasteiger partial charge on any atom is -0.346 e. The minimum absolute atomic E-state index is 0.117. The molecule has 122 valence electrons. The molecule has 0 aliphatic rings. The van der Waals surface area contributed by atoms with E-state index in [1.807, 2.05) is 20.8 Å². The van der Waals surface area contributed by atoms with E-state index in [9.17, 15) is 13.6 Å². The molecule has 1 amide bonds. The van der Waals surface area contributed by atoms with Crippen molar-refractivity contribution < 1.29 is 13.6 Å². The number of para-hydroxylation sites is 1. The first-order valence-corrected chi connectivity index (χ1v) is 7.05. The van der Waals surface area contributed by atoms with E-state index in [-0.39, 0.29) is 23.1 Å². The lowest BCUT2D eigenvalue weighted by molar-refractivity contribution is 0.0914. The summed E-state index contributed by atoms with van der Waals surface area (Å²) in [5.41, 5.74) is -0.638. The van der Waals surface area contributed by atoms with Crippen molar-refractivity contribution in [2.75, 3.05) is 5.32 Å². The standard InChI is InChI=1S/C16H18F2N4O/c1-9-19-12(15(23)22-16(2,3)4)8-13(20-9)21-14-10(17)6-5-7-11(14)18/h5-8H,1-4H3,(H,22,23)(H,19,20,21). The van der Waals surface area contributed by atoms with E-state index >= 15 is 0 Å². The topological polar surface area (TPSA) is 66.9 Å². The number of hydrogen-bond acceptors (Lipinski definition) is 4. The number of rotatable bonds is 3. The van der Waals surface area contributed by atoms with Crippen LogP contribution in [-0.2, 0) is 0 Å². The van der Waals surface area contributed by atoms with Crippen molar-refractivity contribution in [2.24, 2.45) is 0 Å². The van der Waals surface area contributed by atoms with Crippen LogP contribution in [0.4, 0.5) is 20.3 Å². The van der Waals surface area contributed by atoms with Gasteiger partial charge in [0.05, 0.1) is 0 Å². The van der Waals surface area contributed by atoms with Crippen molar-refractivity contribution in [3.63, 3.8) is 0 Å². The average molecular weight is 320 g/mol. The SMILES string of the molecule is Cc1nc(Nc2c(F)cccc2F)cc(C(=O)NC(C)(C)C)n1. The van der Waals surface area contributed by atoms with Gasteiger partial charge in [-0.3, -0.25) is 4.79 Å². The number of amides is 1. The van der Waals surface area contributed by atoms with Crippen LogP contribution in [0.3, 0.4) is 0 Å². The van der Waals surface area contributed by atoms with Gasteiger partial charge in [0.1, 0.15) is 34.7 Å². The lowest BCUT2D eigenvalue weighted by atomic mass is 10.1. The third kappa shape index (κ3) is 4.45. The van der Waals surface area contributed by atoms with Crippen LogP contribution in [0.15, 0.2) is 24.3 Å². The summed E-state index contributed by atoms with van der Waals surface area (Å²) in [4.78, 5) is 20.3. The predicted octanol–water partition coefficient (Wildman–Crippen LogP) is 3.34. The molecule has 2 N–H and O–H groups in total. The molecule has 1 aromatic heterocycles. The highest BCUT2D eigenvalue weighted by atomic mass is 19.1. The Morgan fingerprint density at radius 2 is 1.74 bits per heavy atom. The molecule has 0 saturated carbocycles. The molecular weight excluding hydrogens is 302 g/mol. The Labute approximate surface area is 133 Å². The number of nitrogens with zero attached hydrogens (tertiary/aromatic N) is 2. The van der Waals surface area contributed by atoms with E-state index in [0.29, 0.717) is 5.82 Å². The monoisotopic (exact) mass is 320 g/mol. The molecule has 0 saturated heterocycles. The van der Waals surface area contributed by atoms with Gasteiger partial charge >= 0.3 is 0 Å². The molecule has 5 nitrogen and oxygen atoms in total. The Balaban J connectivity index is 2.33. The maximum absolute atomic E-state index is 13.7. The van der Waals surface area contributed by atoms with Crippen molar-refractivity contribution in [1.82, 2.24) is 15.3 Å². The van der Waals surface area contributed by atoms with Crippen molar-refractivity contribution >= 4 is 17.4 Å². The summed E-state index contributed by atoms with van der Waals surface area (Å²) >= 11 is 0. The van der Waals surface area contributed by atoms with Crippen LogP contribution < -0.4 is 10.6 Å². The summed E-state index contributed by atoms with van der Waals surface area (Å²) in [5.74, 6) is -1.43. The van der Waals surface area contributed by atoms with Crippen molar-refractivity contribution in [3.8, 4) is 0 Å². The van der Waals surface area contributed by atoms with Crippen LogP contribution >= 0.6 is 0 Å². The Morgan fingerprint density at radius 3 is 2.30 bits per heavy atom. The fourth-order valence-corrected chi connectivity index (χ4v) is 1.90. The Bertz CT molecular complexity index is 721. The molecule has 0 fully saturated rings. The average Bonchev–Trinajstić information content (AvgIpc) is 2.40.